The van der Waals surface area contributed by atoms with Crippen molar-refractivity contribution in [3.63, 3.8) is 0 Å². The zero-order valence-corrected chi connectivity index (χ0v) is 22.0. The fourth-order valence-electron chi connectivity index (χ4n) is 5.87. The van der Waals surface area contributed by atoms with E-state index >= 15 is 0 Å². The molecule has 33 heavy (non-hydrogen) atoms. The smallest absolute Gasteiger partial charge is 0.192 e. The number of aryl methyl sites for hydroxylation is 1. The second-order valence-corrected chi connectivity index (χ2v) is 9.40. The third-order valence-corrected chi connectivity index (χ3v) is 7.75. The predicted molar refractivity (Wildman–Crippen MR) is 138 cm³/mol. The van der Waals surface area contributed by atoms with Gasteiger partial charge in [0.1, 0.15) is 11.6 Å². The number of rotatable bonds is 6. The van der Waals surface area contributed by atoms with Crippen LogP contribution in [0.2, 0.25) is 0 Å². The van der Waals surface area contributed by atoms with E-state index in [4.69, 9.17) is 14.5 Å². The number of nitrogens with one attached hydrogen (secondary N) is 2. The number of guanidine groups is 1. The third-order valence-electron chi connectivity index (χ3n) is 7.75. The number of hydrogen-bond donors (Lipinski definition) is 2. The van der Waals surface area contributed by atoms with Gasteiger partial charge in [0, 0.05) is 31.0 Å². The molecule has 2 saturated carbocycles. The van der Waals surface area contributed by atoms with Gasteiger partial charge in [-0.15, -0.1) is 34.2 Å². The second kappa shape index (κ2) is 10.2. The van der Waals surface area contributed by atoms with E-state index in [2.05, 4.69) is 33.0 Å². The maximum absolute atomic E-state index is 6.17. The summed E-state index contributed by atoms with van der Waals surface area (Å²) in [6, 6.07) is 8.51. The van der Waals surface area contributed by atoms with Crippen LogP contribution in [0.5, 0.6) is 5.75 Å². The van der Waals surface area contributed by atoms with Gasteiger partial charge >= 0.3 is 0 Å². The lowest BCUT2D eigenvalue weighted by atomic mass is 9.54. The van der Waals surface area contributed by atoms with Crippen LogP contribution in [0.15, 0.2) is 29.3 Å². The molecule has 0 bridgehead atoms. The average Bonchev–Trinajstić information content (AvgIpc) is 3.55. The zero-order valence-electron chi connectivity index (χ0n) is 19.7. The fraction of sp³-hybridized carbons (Fsp3) is 0.625. The number of aromatic nitrogens is 3. The van der Waals surface area contributed by atoms with Gasteiger partial charge < -0.3 is 24.7 Å². The van der Waals surface area contributed by atoms with Gasteiger partial charge in [0.05, 0.1) is 26.3 Å². The number of nitrogens with zero attached hydrogens (tertiary/aromatic N) is 4. The van der Waals surface area contributed by atoms with Crippen molar-refractivity contribution in [1.29, 1.82) is 0 Å². The molecule has 2 heterocycles. The Labute approximate surface area is 213 Å². The summed E-state index contributed by atoms with van der Waals surface area (Å²) in [6.07, 6.45) is 6.66. The molecule has 9 heteroatoms. The zero-order chi connectivity index (χ0) is 22.1. The van der Waals surface area contributed by atoms with Gasteiger partial charge in [-0.2, -0.15) is 0 Å². The highest BCUT2D eigenvalue weighted by molar-refractivity contribution is 14.0. The Balaban J connectivity index is 0.00000259. The Morgan fingerprint density at radius 1 is 1.24 bits per heavy atom. The molecule has 1 aliphatic heterocycles. The summed E-state index contributed by atoms with van der Waals surface area (Å²) in [7, 11) is 3.68. The van der Waals surface area contributed by atoms with Gasteiger partial charge in [-0.25, -0.2) is 4.99 Å². The monoisotopic (exact) mass is 566 g/mol. The first-order valence-corrected chi connectivity index (χ1v) is 11.7. The minimum atomic E-state index is 0. The molecule has 5 rings (SSSR count). The molecule has 1 saturated heterocycles. The molecular formula is C24H35IN6O2. The third kappa shape index (κ3) is 4.58. The Bertz CT molecular complexity index is 970. The molecule has 0 amide bonds. The highest BCUT2D eigenvalue weighted by atomic mass is 127. The lowest BCUT2D eigenvalue weighted by Crippen LogP contribution is -2.69. The first-order chi connectivity index (χ1) is 15.6. The normalized spacial score (nSPS) is 25.3. The molecule has 1 aromatic heterocycles. The van der Waals surface area contributed by atoms with Gasteiger partial charge in [0.2, 0.25) is 0 Å². The van der Waals surface area contributed by atoms with Gasteiger partial charge in [0.25, 0.3) is 0 Å². The molecule has 3 atom stereocenters. The first kappa shape index (κ1) is 24.3. The van der Waals surface area contributed by atoms with Crippen LogP contribution >= 0.6 is 24.0 Å². The van der Waals surface area contributed by atoms with Crippen LogP contribution in [0.1, 0.15) is 49.3 Å². The molecule has 2 N–H and O–H groups in total. The summed E-state index contributed by atoms with van der Waals surface area (Å²) in [6.45, 7) is 4.03. The molecule has 3 fully saturated rings. The van der Waals surface area contributed by atoms with Crippen LogP contribution in [-0.4, -0.2) is 46.6 Å². The van der Waals surface area contributed by atoms with E-state index in [1.807, 2.05) is 30.7 Å². The molecular weight excluding hydrogens is 531 g/mol. The molecule has 3 unspecified atom stereocenters. The van der Waals surface area contributed by atoms with Crippen molar-refractivity contribution in [3.05, 3.63) is 41.5 Å². The summed E-state index contributed by atoms with van der Waals surface area (Å²) < 4.78 is 13.5. The molecule has 2 aliphatic carbocycles. The van der Waals surface area contributed by atoms with Crippen LogP contribution < -0.4 is 15.4 Å². The quantitative estimate of drug-likeness (QED) is 0.317. The summed E-state index contributed by atoms with van der Waals surface area (Å²) in [4.78, 5) is 4.95. The molecule has 1 aromatic carbocycles. The number of methoxy groups -OCH3 is 1. The average molecular weight is 566 g/mol. The standard InChI is InChI=1S/C24H34N6O2.HI/c1-16-28-29-20(30(16)2)15-26-23(25-14-17-6-8-18(31-3)9-7-17)27-21-19-10-13-32-22(19)24(21)11-4-5-12-24;/h6-9,19,21-22H,4-5,10-15H2,1-3H3,(H2,25,26,27);1H. The lowest BCUT2D eigenvalue weighted by Gasteiger charge is -2.57. The van der Waals surface area contributed by atoms with E-state index in [0.717, 1.165) is 41.9 Å². The van der Waals surface area contributed by atoms with E-state index in [1.54, 1.807) is 7.11 Å². The van der Waals surface area contributed by atoms with E-state index < -0.39 is 0 Å². The number of fused-ring (bicyclic) bond motifs is 2. The van der Waals surface area contributed by atoms with Crippen molar-refractivity contribution in [2.45, 2.75) is 64.3 Å². The minimum Gasteiger partial charge on any atom is -0.497 e. The highest BCUT2D eigenvalue weighted by Crippen LogP contribution is 2.60. The summed E-state index contributed by atoms with van der Waals surface area (Å²) >= 11 is 0. The molecule has 8 nitrogen and oxygen atoms in total. The van der Waals surface area contributed by atoms with Crippen molar-refractivity contribution >= 4 is 29.9 Å². The van der Waals surface area contributed by atoms with E-state index in [9.17, 15) is 0 Å². The number of aliphatic imine (C=N–C) groups is 1. The van der Waals surface area contributed by atoms with Crippen LogP contribution in [0.4, 0.5) is 0 Å². The maximum atomic E-state index is 6.17. The topological polar surface area (TPSA) is 85.6 Å². The van der Waals surface area contributed by atoms with E-state index in [-0.39, 0.29) is 29.4 Å². The van der Waals surface area contributed by atoms with Crippen molar-refractivity contribution in [2.75, 3.05) is 13.7 Å². The Hall–Kier alpha value is -1.88. The largest absolute Gasteiger partial charge is 0.497 e. The fourth-order valence-corrected chi connectivity index (χ4v) is 5.87. The van der Waals surface area contributed by atoms with Crippen molar-refractivity contribution in [3.8, 4) is 5.75 Å². The Morgan fingerprint density at radius 2 is 2.00 bits per heavy atom. The first-order valence-electron chi connectivity index (χ1n) is 11.7. The number of benzene rings is 1. The van der Waals surface area contributed by atoms with Crippen molar-refractivity contribution in [2.24, 2.45) is 23.4 Å². The van der Waals surface area contributed by atoms with Crippen LogP contribution in [0, 0.1) is 18.3 Å². The van der Waals surface area contributed by atoms with Gasteiger partial charge in [0.15, 0.2) is 11.8 Å². The highest BCUT2D eigenvalue weighted by Gasteiger charge is 2.65. The number of halogens is 1. The molecule has 2 aromatic rings. The predicted octanol–water partition coefficient (Wildman–Crippen LogP) is 3.33. The van der Waals surface area contributed by atoms with Crippen LogP contribution in [0.25, 0.3) is 0 Å². The maximum Gasteiger partial charge on any atom is 0.192 e. The lowest BCUT2D eigenvalue weighted by molar-refractivity contribution is -0.125. The second-order valence-electron chi connectivity index (χ2n) is 9.40. The molecule has 3 aliphatic rings. The molecule has 1 spiro atoms. The molecule has 0 radical (unpaired) electrons. The molecule has 180 valence electrons. The summed E-state index contributed by atoms with van der Waals surface area (Å²) in [5.74, 6) is 4.08. The van der Waals surface area contributed by atoms with E-state index in [0.29, 0.717) is 31.2 Å². The van der Waals surface area contributed by atoms with Crippen molar-refractivity contribution < 1.29 is 9.47 Å². The van der Waals surface area contributed by atoms with E-state index in [1.165, 1.54) is 25.7 Å². The van der Waals surface area contributed by atoms with Gasteiger partial charge in [-0.1, -0.05) is 25.0 Å². The Kier molecular flexibility index (Phi) is 7.47. The van der Waals surface area contributed by atoms with Gasteiger partial charge in [-0.05, 0) is 43.9 Å². The van der Waals surface area contributed by atoms with Crippen molar-refractivity contribution in [1.82, 2.24) is 25.4 Å². The SMILES string of the molecule is COc1ccc(CN=C(NCc2nnc(C)n2C)NC2C3CCOC3C23CCCC3)cc1.I. The number of ether oxygens (including phenoxy) is 2. The minimum absolute atomic E-state index is 0. The summed E-state index contributed by atoms with van der Waals surface area (Å²) in [5, 5.41) is 15.8. The van der Waals surface area contributed by atoms with Crippen LogP contribution in [0.3, 0.4) is 0 Å². The van der Waals surface area contributed by atoms with Crippen LogP contribution in [-0.2, 0) is 24.9 Å². The summed E-state index contributed by atoms with van der Waals surface area (Å²) in [5.41, 5.74) is 1.41. The Morgan fingerprint density at radius 3 is 2.67 bits per heavy atom. The number of hydrogen-bond acceptors (Lipinski definition) is 5. The van der Waals surface area contributed by atoms with Gasteiger partial charge in [-0.3, -0.25) is 0 Å².